The number of rotatable bonds is 4. The summed E-state index contributed by atoms with van der Waals surface area (Å²) >= 11 is 0. The molecule has 2 nitrogen and oxygen atoms in total. The monoisotopic (exact) mass is 153 g/mol. The van der Waals surface area contributed by atoms with E-state index in [1.54, 1.807) is 6.92 Å². The first-order valence-corrected chi connectivity index (χ1v) is 3.80. The Morgan fingerprint density at radius 1 is 1.73 bits per heavy atom. The van der Waals surface area contributed by atoms with Crippen LogP contribution in [-0.2, 0) is 4.79 Å². The van der Waals surface area contributed by atoms with Gasteiger partial charge in [-0.25, -0.2) is 0 Å². The summed E-state index contributed by atoms with van der Waals surface area (Å²) in [6, 6.07) is 0. The van der Waals surface area contributed by atoms with Gasteiger partial charge in [-0.3, -0.25) is 4.79 Å². The van der Waals surface area contributed by atoms with Gasteiger partial charge in [0.1, 0.15) is 0 Å². The lowest BCUT2D eigenvalue weighted by molar-refractivity contribution is -0.122. The molecule has 11 heavy (non-hydrogen) atoms. The van der Waals surface area contributed by atoms with E-state index >= 15 is 0 Å². The second kappa shape index (κ2) is 4.15. The van der Waals surface area contributed by atoms with E-state index in [0.717, 1.165) is 6.42 Å². The Morgan fingerprint density at radius 2 is 2.27 bits per heavy atom. The maximum Gasteiger partial charge on any atom is 0.164 e. The normalized spacial score (nSPS) is 15.1. The lowest BCUT2D eigenvalue weighted by Gasteiger charge is -2.20. The summed E-state index contributed by atoms with van der Waals surface area (Å²) < 4.78 is 0. The van der Waals surface area contributed by atoms with E-state index in [1.165, 1.54) is 0 Å². The number of hydrogen-bond donors (Lipinski definition) is 1. The second-order valence-corrected chi connectivity index (χ2v) is 2.97. The Kier molecular flexibility index (Phi) is 3.84. The van der Waals surface area contributed by atoms with Gasteiger partial charge in [0.2, 0.25) is 0 Å². The first-order chi connectivity index (χ1) is 5.04. The topological polar surface area (TPSA) is 43.1 Å². The molecule has 0 saturated heterocycles. The van der Waals surface area contributed by atoms with Crippen LogP contribution in [0.5, 0.6) is 0 Å². The van der Waals surface area contributed by atoms with Crippen molar-refractivity contribution in [1.29, 1.82) is 0 Å². The Morgan fingerprint density at radius 3 is 2.64 bits per heavy atom. The summed E-state index contributed by atoms with van der Waals surface area (Å²) in [5.41, 5.74) is 4.99. The maximum atomic E-state index is 11.2. The minimum atomic E-state index is -0.721. The van der Waals surface area contributed by atoms with Crippen molar-refractivity contribution in [2.75, 3.05) is 0 Å². The first-order valence-electron chi connectivity index (χ1n) is 3.80. The first kappa shape index (κ1) is 10.2. The molecule has 0 aromatic rings. The zero-order valence-corrected chi connectivity index (χ0v) is 7.18. The van der Waals surface area contributed by atoms with Crippen molar-refractivity contribution in [3.05, 3.63) is 0 Å². The molecular formula is C9H15NO. The zero-order chi connectivity index (χ0) is 8.91. The molecule has 0 aromatic carbocycles. The van der Waals surface area contributed by atoms with E-state index in [2.05, 4.69) is 5.92 Å². The standard InChI is InChI=1S/C9H15NO/c1-4-6-8(11)9(3,10)7-5-2/h1H,5-7,10H2,2-3H3. The highest BCUT2D eigenvalue weighted by Crippen LogP contribution is 2.11. The summed E-state index contributed by atoms with van der Waals surface area (Å²) in [7, 11) is 0. The second-order valence-electron chi connectivity index (χ2n) is 2.97. The molecule has 2 N–H and O–H groups in total. The fraction of sp³-hybridized carbons (Fsp3) is 0.667. The molecule has 0 heterocycles. The Labute approximate surface area is 68.2 Å². The van der Waals surface area contributed by atoms with E-state index in [4.69, 9.17) is 12.2 Å². The van der Waals surface area contributed by atoms with Crippen LogP contribution in [0.3, 0.4) is 0 Å². The van der Waals surface area contributed by atoms with Crippen LogP contribution in [0.4, 0.5) is 0 Å². The van der Waals surface area contributed by atoms with Gasteiger partial charge < -0.3 is 5.73 Å². The summed E-state index contributed by atoms with van der Waals surface area (Å²) in [5, 5.41) is 0. The van der Waals surface area contributed by atoms with Crippen LogP contribution in [-0.4, -0.2) is 11.3 Å². The molecule has 1 unspecified atom stereocenters. The number of carbonyl (C=O) groups is 1. The predicted molar refractivity (Wildman–Crippen MR) is 46.0 cm³/mol. The maximum absolute atomic E-state index is 11.2. The van der Waals surface area contributed by atoms with E-state index in [9.17, 15) is 4.79 Å². The van der Waals surface area contributed by atoms with E-state index in [-0.39, 0.29) is 12.2 Å². The van der Waals surface area contributed by atoms with Gasteiger partial charge in [-0.2, -0.15) is 0 Å². The van der Waals surface area contributed by atoms with Gasteiger partial charge in [-0.05, 0) is 13.3 Å². The summed E-state index contributed by atoms with van der Waals surface area (Å²) in [6.07, 6.45) is 6.75. The molecule has 0 saturated carbocycles. The lowest BCUT2D eigenvalue weighted by Crippen LogP contribution is -2.44. The lowest BCUT2D eigenvalue weighted by atomic mass is 9.91. The third-order valence-corrected chi connectivity index (χ3v) is 1.67. The van der Waals surface area contributed by atoms with Gasteiger partial charge in [0.05, 0.1) is 12.0 Å². The molecule has 0 bridgehead atoms. The molecule has 0 amide bonds. The molecule has 0 radical (unpaired) electrons. The number of carbonyl (C=O) groups excluding carboxylic acids is 1. The third kappa shape index (κ3) is 3.20. The highest BCUT2D eigenvalue weighted by atomic mass is 16.1. The van der Waals surface area contributed by atoms with Crippen molar-refractivity contribution in [2.24, 2.45) is 5.73 Å². The van der Waals surface area contributed by atoms with Crippen LogP contribution in [0, 0.1) is 12.3 Å². The van der Waals surface area contributed by atoms with E-state index in [0.29, 0.717) is 6.42 Å². The van der Waals surface area contributed by atoms with Gasteiger partial charge in [0, 0.05) is 0 Å². The summed E-state index contributed by atoms with van der Waals surface area (Å²) in [5.74, 6) is 2.26. The van der Waals surface area contributed by atoms with Gasteiger partial charge in [0.15, 0.2) is 5.78 Å². The molecule has 0 aromatic heterocycles. The van der Waals surface area contributed by atoms with Gasteiger partial charge in [-0.1, -0.05) is 19.3 Å². The minimum absolute atomic E-state index is 0.0400. The van der Waals surface area contributed by atoms with Crippen LogP contribution in [0.25, 0.3) is 0 Å². The average molecular weight is 153 g/mol. The van der Waals surface area contributed by atoms with E-state index in [1.807, 2.05) is 6.92 Å². The third-order valence-electron chi connectivity index (χ3n) is 1.67. The fourth-order valence-corrected chi connectivity index (χ4v) is 0.953. The fourth-order valence-electron chi connectivity index (χ4n) is 0.953. The molecule has 0 fully saturated rings. The molecule has 1 atom stereocenters. The molecule has 0 aliphatic heterocycles. The van der Waals surface area contributed by atoms with Crippen LogP contribution < -0.4 is 5.73 Å². The highest BCUT2D eigenvalue weighted by molar-refractivity contribution is 5.89. The molecule has 0 aliphatic rings. The Bertz CT molecular complexity index is 176. The number of hydrogen-bond acceptors (Lipinski definition) is 2. The quantitative estimate of drug-likeness (QED) is 0.614. The minimum Gasteiger partial charge on any atom is -0.319 e. The molecule has 0 spiro atoms. The largest absolute Gasteiger partial charge is 0.319 e. The van der Waals surface area contributed by atoms with Crippen molar-refractivity contribution in [2.45, 2.75) is 38.6 Å². The number of Topliss-reactive ketones (excluding diaryl/α,β-unsaturated/α-hetero) is 1. The smallest absolute Gasteiger partial charge is 0.164 e. The molecule has 0 rings (SSSR count). The van der Waals surface area contributed by atoms with Gasteiger partial charge >= 0.3 is 0 Å². The predicted octanol–water partition coefficient (Wildman–Crippen LogP) is 1.10. The molecule has 0 aliphatic carbocycles. The summed E-state index contributed by atoms with van der Waals surface area (Å²) in [4.78, 5) is 11.2. The molecule has 62 valence electrons. The van der Waals surface area contributed by atoms with Gasteiger partial charge in [-0.15, -0.1) is 6.42 Å². The molecule has 2 heteroatoms. The van der Waals surface area contributed by atoms with Crippen LogP contribution in [0.1, 0.15) is 33.1 Å². The van der Waals surface area contributed by atoms with Crippen molar-refractivity contribution >= 4 is 5.78 Å². The number of terminal acetylenes is 1. The van der Waals surface area contributed by atoms with Crippen LogP contribution >= 0.6 is 0 Å². The summed E-state index contributed by atoms with van der Waals surface area (Å²) in [6.45, 7) is 3.73. The van der Waals surface area contributed by atoms with Crippen LogP contribution in [0.15, 0.2) is 0 Å². The van der Waals surface area contributed by atoms with E-state index < -0.39 is 5.54 Å². The Balaban J connectivity index is 4.08. The molecular weight excluding hydrogens is 138 g/mol. The SMILES string of the molecule is C#CCC(=O)C(C)(N)CCC. The average Bonchev–Trinajstić information content (AvgIpc) is 1.88. The van der Waals surface area contributed by atoms with Crippen molar-refractivity contribution in [3.8, 4) is 12.3 Å². The number of ketones is 1. The van der Waals surface area contributed by atoms with Crippen molar-refractivity contribution in [1.82, 2.24) is 0 Å². The van der Waals surface area contributed by atoms with Gasteiger partial charge in [0.25, 0.3) is 0 Å². The zero-order valence-electron chi connectivity index (χ0n) is 7.18. The van der Waals surface area contributed by atoms with Crippen molar-refractivity contribution < 1.29 is 4.79 Å². The number of nitrogens with two attached hydrogens (primary N) is 1. The highest BCUT2D eigenvalue weighted by Gasteiger charge is 2.25. The van der Waals surface area contributed by atoms with Crippen molar-refractivity contribution in [3.63, 3.8) is 0 Å². The Hall–Kier alpha value is -0.810. The van der Waals surface area contributed by atoms with Crippen LogP contribution in [0.2, 0.25) is 0 Å².